The van der Waals surface area contributed by atoms with Crippen LogP contribution in [-0.4, -0.2) is 22.1 Å². The Balaban J connectivity index is 2.03. The average molecular weight is 175 g/mol. The fourth-order valence-corrected chi connectivity index (χ4v) is 5.20. The van der Waals surface area contributed by atoms with E-state index in [1.807, 2.05) is 0 Å². The molecule has 2 atom stereocenters. The zero-order chi connectivity index (χ0) is 7.90. The molecule has 0 aromatic heterocycles. The average Bonchev–Trinajstić information content (AvgIpc) is 2.21. The minimum absolute atomic E-state index is 0.659. The minimum atomic E-state index is -2.40. The van der Waals surface area contributed by atoms with Crippen molar-refractivity contribution in [2.24, 2.45) is 11.8 Å². The van der Waals surface area contributed by atoms with Crippen LogP contribution in [0.4, 0.5) is 0 Å². The molecule has 0 amide bonds. The summed E-state index contributed by atoms with van der Waals surface area (Å²) in [5.74, 6) is 1.32. The quantitative estimate of drug-likeness (QED) is 0.549. The van der Waals surface area contributed by atoms with Crippen molar-refractivity contribution in [2.75, 3.05) is 12.3 Å². The predicted molar refractivity (Wildman–Crippen MR) is 46.5 cm³/mol. The summed E-state index contributed by atoms with van der Waals surface area (Å²) in [7, 11) is -2.40. The van der Waals surface area contributed by atoms with Crippen LogP contribution < -0.4 is 0 Å². The first-order valence-corrected chi connectivity index (χ1v) is 6.56. The SMILES string of the molecule is O[P+]1(O)CC2CCCCC2C1. The lowest BCUT2D eigenvalue weighted by molar-refractivity contribution is 0.299. The summed E-state index contributed by atoms with van der Waals surface area (Å²) in [6, 6.07) is 0. The molecule has 1 aliphatic carbocycles. The fraction of sp³-hybridized carbons (Fsp3) is 1.00. The summed E-state index contributed by atoms with van der Waals surface area (Å²) in [6.07, 6.45) is 6.57. The van der Waals surface area contributed by atoms with E-state index in [-0.39, 0.29) is 0 Å². The maximum atomic E-state index is 9.49. The topological polar surface area (TPSA) is 40.5 Å². The second-order valence-corrected chi connectivity index (χ2v) is 6.54. The van der Waals surface area contributed by atoms with E-state index in [9.17, 15) is 9.79 Å². The molecule has 1 saturated heterocycles. The molecule has 2 nitrogen and oxygen atoms in total. The normalized spacial score (nSPS) is 42.0. The highest BCUT2D eigenvalue weighted by atomic mass is 31.2. The molecule has 0 bridgehead atoms. The molecule has 1 saturated carbocycles. The van der Waals surface area contributed by atoms with E-state index in [4.69, 9.17) is 0 Å². The second-order valence-electron chi connectivity index (χ2n) is 4.05. The zero-order valence-corrected chi connectivity index (χ0v) is 7.63. The van der Waals surface area contributed by atoms with Crippen molar-refractivity contribution in [3.63, 3.8) is 0 Å². The third kappa shape index (κ3) is 1.58. The number of fused-ring (bicyclic) bond motifs is 1. The van der Waals surface area contributed by atoms with Crippen LogP contribution in [0, 0.1) is 11.8 Å². The molecule has 3 heteroatoms. The molecule has 1 heterocycles. The zero-order valence-electron chi connectivity index (χ0n) is 6.74. The number of hydrogen-bond acceptors (Lipinski definition) is 2. The first-order valence-electron chi connectivity index (χ1n) is 4.50. The first-order chi connectivity index (χ1) is 5.17. The van der Waals surface area contributed by atoms with E-state index in [1.54, 1.807) is 0 Å². The molecule has 0 radical (unpaired) electrons. The molecule has 2 unspecified atom stereocenters. The van der Waals surface area contributed by atoms with Gasteiger partial charge in [-0.05, 0) is 12.8 Å². The molecule has 2 fully saturated rings. The molecule has 0 spiro atoms. The Morgan fingerprint density at radius 2 is 1.36 bits per heavy atom. The van der Waals surface area contributed by atoms with Gasteiger partial charge in [0.2, 0.25) is 0 Å². The highest BCUT2D eigenvalue weighted by Crippen LogP contribution is 2.62. The summed E-state index contributed by atoms with van der Waals surface area (Å²) >= 11 is 0. The highest BCUT2D eigenvalue weighted by Gasteiger charge is 2.50. The molecule has 64 valence electrons. The van der Waals surface area contributed by atoms with Gasteiger partial charge in [0.25, 0.3) is 7.72 Å². The molecule has 2 aliphatic rings. The fourth-order valence-electron chi connectivity index (χ4n) is 2.59. The van der Waals surface area contributed by atoms with Gasteiger partial charge in [0, 0.05) is 11.8 Å². The van der Waals surface area contributed by atoms with Crippen LogP contribution in [0.15, 0.2) is 0 Å². The van der Waals surface area contributed by atoms with E-state index in [0.29, 0.717) is 11.8 Å². The smallest absolute Gasteiger partial charge is 0.220 e. The monoisotopic (exact) mass is 175 g/mol. The van der Waals surface area contributed by atoms with Crippen LogP contribution in [0.25, 0.3) is 0 Å². The molecule has 11 heavy (non-hydrogen) atoms. The lowest BCUT2D eigenvalue weighted by Crippen LogP contribution is -2.16. The van der Waals surface area contributed by atoms with E-state index in [1.165, 1.54) is 25.7 Å². The molecule has 0 aromatic rings. The Bertz CT molecular complexity index is 142. The standard InChI is InChI=1S/C8H16O2P/c9-11(10)5-7-3-1-2-4-8(7)6-11/h7-10H,1-6H2/q+1. The lowest BCUT2D eigenvalue weighted by Gasteiger charge is -2.20. The lowest BCUT2D eigenvalue weighted by atomic mass is 9.82. The van der Waals surface area contributed by atoms with Gasteiger partial charge in [-0.2, -0.15) is 0 Å². The summed E-state index contributed by atoms with van der Waals surface area (Å²) in [5, 5.41) is 0. The van der Waals surface area contributed by atoms with E-state index in [2.05, 4.69) is 0 Å². The van der Waals surface area contributed by atoms with Crippen LogP contribution in [0.3, 0.4) is 0 Å². The van der Waals surface area contributed by atoms with Crippen LogP contribution in [0.5, 0.6) is 0 Å². The van der Waals surface area contributed by atoms with Crippen LogP contribution in [0.2, 0.25) is 0 Å². The molecule has 0 aromatic carbocycles. The van der Waals surface area contributed by atoms with Crippen molar-refractivity contribution >= 4 is 7.72 Å². The van der Waals surface area contributed by atoms with Gasteiger partial charge >= 0.3 is 0 Å². The van der Waals surface area contributed by atoms with Crippen LogP contribution >= 0.6 is 7.72 Å². The molecule has 2 N–H and O–H groups in total. The molecular formula is C8H16O2P+. The van der Waals surface area contributed by atoms with Gasteiger partial charge in [0.15, 0.2) is 0 Å². The van der Waals surface area contributed by atoms with E-state index < -0.39 is 7.72 Å². The number of hydrogen-bond donors (Lipinski definition) is 2. The first kappa shape index (κ1) is 7.97. The predicted octanol–water partition coefficient (Wildman–Crippen LogP) is 1.64. The third-order valence-corrected chi connectivity index (χ3v) is 5.23. The van der Waals surface area contributed by atoms with Gasteiger partial charge in [0.1, 0.15) is 12.3 Å². The third-order valence-electron chi connectivity index (χ3n) is 3.12. The molecule has 1 aliphatic heterocycles. The second kappa shape index (κ2) is 2.69. The van der Waals surface area contributed by atoms with Gasteiger partial charge in [0.05, 0.1) is 0 Å². The Kier molecular flexibility index (Phi) is 1.95. The van der Waals surface area contributed by atoms with Crippen molar-refractivity contribution < 1.29 is 9.79 Å². The largest absolute Gasteiger partial charge is 0.268 e. The van der Waals surface area contributed by atoms with Crippen LogP contribution in [-0.2, 0) is 0 Å². The van der Waals surface area contributed by atoms with Gasteiger partial charge in [-0.25, -0.2) is 9.79 Å². The van der Waals surface area contributed by atoms with Crippen molar-refractivity contribution in [2.45, 2.75) is 25.7 Å². The van der Waals surface area contributed by atoms with Gasteiger partial charge in [-0.3, -0.25) is 0 Å². The summed E-state index contributed by atoms with van der Waals surface area (Å²) in [4.78, 5) is 19.0. The van der Waals surface area contributed by atoms with Crippen molar-refractivity contribution in [1.82, 2.24) is 0 Å². The summed E-state index contributed by atoms with van der Waals surface area (Å²) in [6.45, 7) is 0. The number of rotatable bonds is 0. The van der Waals surface area contributed by atoms with E-state index in [0.717, 1.165) is 12.3 Å². The maximum absolute atomic E-state index is 9.49. The maximum Gasteiger partial charge on any atom is 0.268 e. The Morgan fingerprint density at radius 3 is 1.82 bits per heavy atom. The summed E-state index contributed by atoms with van der Waals surface area (Å²) < 4.78 is 0. The summed E-state index contributed by atoms with van der Waals surface area (Å²) in [5.41, 5.74) is 0. The Hall–Kier alpha value is 0.350. The molecular weight excluding hydrogens is 159 g/mol. The minimum Gasteiger partial charge on any atom is -0.220 e. The van der Waals surface area contributed by atoms with Crippen molar-refractivity contribution in [3.05, 3.63) is 0 Å². The Morgan fingerprint density at radius 1 is 0.909 bits per heavy atom. The van der Waals surface area contributed by atoms with Gasteiger partial charge in [-0.1, -0.05) is 12.8 Å². The Labute approximate surface area is 68.1 Å². The van der Waals surface area contributed by atoms with Crippen molar-refractivity contribution in [3.8, 4) is 0 Å². The van der Waals surface area contributed by atoms with Crippen molar-refractivity contribution in [1.29, 1.82) is 0 Å². The van der Waals surface area contributed by atoms with Gasteiger partial charge < -0.3 is 0 Å². The highest BCUT2D eigenvalue weighted by molar-refractivity contribution is 7.64. The van der Waals surface area contributed by atoms with E-state index >= 15 is 0 Å². The molecule has 2 rings (SSSR count). The van der Waals surface area contributed by atoms with Crippen LogP contribution in [0.1, 0.15) is 25.7 Å². The van der Waals surface area contributed by atoms with Gasteiger partial charge in [-0.15, -0.1) is 0 Å².